The summed E-state index contributed by atoms with van der Waals surface area (Å²) in [5.41, 5.74) is 1.81. The molecule has 0 radical (unpaired) electrons. The molecule has 1 aromatic heterocycles. The molecule has 1 N–H and O–H groups in total. The van der Waals surface area contributed by atoms with Crippen LogP contribution in [-0.4, -0.2) is 30.1 Å². The van der Waals surface area contributed by atoms with Crippen LogP contribution in [0.4, 0.5) is 0 Å². The molecule has 4 nitrogen and oxygen atoms in total. The summed E-state index contributed by atoms with van der Waals surface area (Å²) in [5, 5.41) is 14.4. The molecular weight excluding hydrogens is 286 g/mol. The van der Waals surface area contributed by atoms with E-state index in [1.165, 1.54) is 10.9 Å². The SMILES string of the molecule is C=CCNC1(C#N)CCN2CCc3c(oc4ccccc34)C2C1. The fourth-order valence-electron chi connectivity index (χ4n) is 4.05. The van der Waals surface area contributed by atoms with Crippen LogP contribution in [0.15, 0.2) is 41.3 Å². The van der Waals surface area contributed by atoms with Crippen LogP contribution < -0.4 is 5.32 Å². The highest BCUT2D eigenvalue weighted by Crippen LogP contribution is 2.43. The van der Waals surface area contributed by atoms with Crippen molar-refractivity contribution in [3.63, 3.8) is 0 Å². The third-order valence-corrected chi connectivity index (χ3v) is 5.29. The average molecular weight is 307 g/mol. The van der Waals surface area contributed by atoms with Gasteiger partial charge in [0, 0.05) is 37.0 Å². The van der Waals surface area contributed by atoms with Gasteiger partial charge in [-0.3, -0.25) is 10.2 Å². The maximum atomic E-state index is 9.75. The van der Waals surface area contributed by atoms with Crippen LogP contribution in [0.1, 0.15) is 30.2 Å². The van der Waals surface area contributed by atoms with Crippen molar-refractivity contribution in [2.75, 3.05) is 19.6 Å². The highest BCUT2D eigenvalue weighted by Gasteiger charge is 2.44. The maximum Gasteiger partial charge on any atom is 0.134 e. The number of furan rings is 1. The Morgan fingerprint density at radius 3 is 3.13 bits per heavy atom. The molecule has 118 valence electrons. The molecule has 3 heterocycles. The molecule has 2 aliphatic heterocycles. The molecule has 2 unspecified atom stereocenters. The lowest BCUT2D eigenvalue weighted by Crippen LogP contribution is -2.54. The molecule has 4 rings (SSSR count). The number of hydrogen-bond acceptors (Lipinski definition) is 4. The molecule has 1 fully saturated rings. The van der Waals surface area contributed by atoms with Crippen molar-refractivity contribution in [2.24, 2.45) is 0 Å². The Hall–Kier alpha value is -2.09. The number of benzene rings is 1. The van der Waals surface area contributed by atoms with Gasteiger partial charge in [-0.2, -0.15) is 5.26 Å². The predicted molar refractivity (Wildman–Crippen MR) is 90.0 cm³/mol. The molecule has 4 heteroatoms. The van der Waals surface area contributed by atoms with Crippen molar-refractivity contribution >= 4 is 11.0 Å². The van der Waals surface area contributed by atoms with E-state index in [1.54, 1.807) is 0 Å². The lowest BCUT2D eigenvalue weighted by Gasteiger charge is -2.45. The minimum Gasteiger partial charge on any atom is -0.459 e. The normalized spacial score (nSPS) is 27.2. The van der Waals surface area contributed by atoms with Crippen LogP contribution >= 0.6 is 0 Å². The third kappa shape index (κ3) is 2.28. The average Bonchev–Trinajstić information content (AvgIpc) is 2.99. The summed E-state index contributed by atoms with van der Waals surface area (Å²) in [6, 6.07) is 11.0. The number of rotatable bonds is 3. The van der Waals surface area contributed by atoms with Crippen LogP contribution in [0, 0.1) is 11.3 Å². The molecule has 23 heavy (non-hydrogen) atoms. The second kappa shape index (κ2) is 5.52. The number of nitrogens with one attached hydrogen (secondary N) is 1. The van der Waals surface area contributed by atoms with Gasteiger partial charge in [0.1, 0.15) is 16.9 Å². The van der Waals surface area contributed by atoms with Crippen molar-refractivity contribution in [1.29, 1.82) is 5.26 Å². The second-order valence-electron chi connectivity index (χ2n) is 6.56. The monoisotopic (exact) mass is 307 g/mol. The van der Waals surface area contributed by atoms with E-state index in [4.69, 9.17) is 4.42 Å². The first kappa shape index (κ1) is 14.5. The Morgan fingerprint density at radius 1 is 1.43 bits per heavy atom. The summed E-state index contributed by atoms with van der Waals surface area (Å²) in [4.78, 5) is 2.47. The fraction of sp³-hybridized carbons (Fsp3) is 0.421. The van der Waals surface area contributed by atoms with Gasteiger partial charge in [-0.25, -0.2) is 0 Å². The van der Waals surface area contributed by atoms with Crippen LogP contribution in [0.25, 0.3) is 11.0 Å². The molecule has 0 spiro atoms. The van der Waals surface area contributed by atoms with Crippen molar-refractivity contribution in [1.82, 2.24) is 10.2 Å². The molecule has 2 aliphatic rings. The van der Waals surface area contributed by atoms with E-state index in [9.17, 15) is 5.26 Å². The first-order chi connectivity index (χ1) is 11.3. The number of fused-ring (bicyclic) bond motifs is 5. The van der Waals surface area contributed by atoms with E-state index in [1.807, 2.05) is 18.2 Å². The molecule has 1 saturated heterocycles. The van der Waals surface area contributed by atoms with Crippen molar-refractivity contribution in [3.05, 3.63) is 48.2 Å². The Morgan fingerprint density at radius 2 is 2.30 bits per heavy atom. The Kier molecular flexibility index (Phi) is 3.48. The molecule has 0 amide bonds. The molecule has 1 aromatic carbocycles. The van der Waals surface area contributed by atoms with Crippen LogP contribution in [0.5, 0.6) is 0 Å². The molecule has 0 bridgehead atoms. The fourth-order valence-corrected chi connectivity index (χ4v) is 4.05. The zero-order valence-corrected chi connectivity index (χ0v) is 13.2. The summed E-state index contributed by atoms with van der Waals surface area (Å²) in [5.74, 6) is 1.07. The van der Waals surface area contributed by atoms with Crippen LogP contribution in [0.2, 0.25) is 0 Å². The van der Waals surface area contributed by atoms with Gasteiger partial charge >= 0.3 is 0 Å². The molecule has 2 atom stereocenters. The summed E-state index contributed by atoms with van der Waals surface area (Å²) in [6.45, 7) is 6.39. The summed E-state index contributed by atoms with van der Waals surface area (Å²) >= 11 is 0. The van der Waals surface area contributed by atoms with Crippen molar-refractivity contribution < 1.29 is 4.42 Å². The lowest BCUT2D eigenvalue weighted by atomic mass is 9.80. The number of nitriles is 1. The smallest absolute Gasteiger partial charge is 0.134 e. The Balaban J connectivity index is 1.73. The van der Waals surface area contributed by atoms with Crippen LogP contribution in [0.3, 0.4) is 0 Å². The zero-order valence-electron chi connectivity index (χ0n) is 13.2. The number of para-hydroxylation sites is 1. The van der Waals surface area contributed by atoms with E-state index in [2.05, 4.69) is 35.0 Å². The molecule has 0 aliphatic carbocycles. The topological polar surface area (TPSA) is 52.2 Å². The highest BCUT2D eigenvalue weighted by molar-refractivity contribution is 5.82. The molecular formula is C19H21N3O. The van der Waals surface area contributed by atoms with E-state index in [0.717, 1.165) is 43.7 Å². The maximum absolute atomic E-state index is 9.75. The summed E-state index contributed by atoms with van der Waals surface area (Å²) in [7, 11) is 0. The van der Waals surface area contributed by atoms with Crippen molar-refractivity contribution in [3.8, 4) is 6.07 Å². The quantitative estimate of drug-likeness (QED) is 0.885. The van der Waals surface area contributed by atoms with Crippen molar-refractivity contribution in [2.45, 2.75) is 30.8 Å². The lowest BCUT2D eigenvalue weighted by molar-refractivity contribution is 0.0789. The van der Waals surface area contributed by atoms with E-state index >= 15 is 0 Å². The minimum atomic E-state index is -0.483. The molecule has 0 saturated carbocycles. The van der Waals surface area contributed by atoms with Gasteiger partial charge in [0.2, 0.25) is 0 Å². The first-order valence-corrected chi connectivity index (χ1v) is 8.28. The van der Waals surface area contributed by atoms with Gasteiger partial charge in [-0.15, -0.1) is 6.58 Å². The summed E-state index contributed by atoms with van der Waals surface area (Å²) in [6.07, 6.45) is 4.47. The standard InChI is InChI=1S/C19H21N3O/c1-2-9-21-19(13-20)8-11-22-10-7-15-14-5-3-4-6-17(14)23-18(15)16(22)12-19/h2-6,16,21H,1,7-12H2. The summed E-state index contributed by atoms with van der Waals surface area (Å²) < 4.78 is 6.20. The Labute approximate surface area is 136 Å². The predicted octanol–water partition coefficient (Wildman–Crippen LogP) is 3.16. The number of nitrogens with zero attached hydrogens (tertiary/aromatic N) is 2. The van der Waals surface area contributed by atoms with Gasteiger partial charge in [-0.1, -0.05) is 24.3 Å². The first-order valence-electron chi connectivity index (χ1n) is 8.28. The van der Waals surface area contributed by atoms with E-state index in [0.29, 0.717) is 6.54 Å². The van der Waals surface area contributed by atoms with Crippen LogP contribution in [-0.2, 0) is 6.42 Å². The van der Waals surface area contributed by atoms with Gasteiger partial charge in [-0.05, 0) is 18.9 Å². The third-order valence-electron chi connectivity index (χ3n) is 5.29. The van der Waals surface area contributed by atoms with Gasteiger partial charge in [0.15, 0.2) is 0 Å². The van der Waals surface area contributed by atoms with E-state index < -0.39 is 5.54 Å². The van der Waals surface area contributed by atoms with Gasteiger partial charge < -0.3 is 4.42 Å². The van der Waals surface area contributed by atoms with Gasteiger partial charge in [0.05, 0.1) is 12.1 Å². The second-order valence-corrected chi connectivity index (χ2v) is 6.56. The number of piperidine rings is 1. The Bertz CT molecular complexity index is 787. The highest BCUT2D eigenvalue weighted by atomic mass is 16.3. The largest absolute Gasteiger partial charge is 0.459 e. The molecule has 2 aromatic rings. The van der Waals surface area contributed by atoms with Gasteiger partial charge in [0.25, 0.3) is 0 Å². The van der Waals surface area contributed by atoms with E-state index in [-0.39, 0.29) is 6.04 Å². The zero-order chi connectivity index (χ0) is 15.9. The number of hydrogen-bond donors (Lipinski definition) is 1. The minimum absolute atomic E-state index is 0.192.